The molecule has 2 aromatic rings. The summed E-state index contributed by atoms with van der Waals surface area (Å²) in [7, 11) is 1.72. The van der Waals surface area contributed by atoms with Crippen LogP contribution in [0.2, 0.25) is 0 Å². The van der Waals surface area contributed by atoms with Gasteiger partial charge in [-0.25, -0.2) is 9.67 Å². The van der Waals surface area contributed by atoms with Crippen LogP contribution >= 0.6 is 0 Å². The molecule has 0 atom stereocenters. The Morgan fingerprint density at radius 3 is 2.76 bits per heavy atom. The summed E-state index contributed by atoms with van der Waals surface area (Å²) in [5.74, 6) is 0.404. The smallest absolute Gasteiger partial charge is 0.293 e. The van der Waals surface area contributed by atoms with Crippen LogP contribution in [-0.4, -0.2) is 25.4 Å². The van der Waals surface area contributed by atoms with E-state index in [1.54, 1.807) is 30.2 Å². The van der Waals surface area contributed by atoms with Crippen LogP contribution in [0.4, 0.5) is 5.82 Å². The average Bonchev–Trinajstić information content (AvgIpc) is 3.06. The first kappa shape index (κ1) is 16.1. The lowest BCUT2D eigenvalue weighted by atomic mass is 9.91. The minimum atomic E-state index is -0.110. The molecule has 0 radical (unpaired) electrons. The van der Waals surface area contributed by atoms with Crippen molar-refractivity contribution in [2.75, 3.05) is 5.32 Å². The Bertz CT molecular complexity index is 893. The summed E-state index contributed by atoms with van der Waals surface area (Å²) in [6.07, 6.45) is 9.91. The molecule has 2 aromatic heterocycles. The second-order valence-corrected chi connectivity index (χ2v) is 7.09. The fourth-order valence-electron chi connectivity index (χ4n) is 3.93. The van der Waals surface area contributed by atoms with Crippen molar-refractivity contribution in [2.24, 2.45) is 7.05 Å². The summed E-state index contributed by atoms with van der Waals surface area (Å²) in [6.45, 7) is 0. The standard InChI is InChI=1S/C18H23N5O2/c1-22-10-9-19-17(18(22)25)20-13-5-7-14(8-6-13)23-16(24)11-12-3-2-4-15(12)21-23/h9-11,13-14H,2-8H2,1H3,(H,19,20). The van der Waals surface area contributed by atoms with E-state index in [1.165, 1.54) is 4.57 Å². The summed E-state index contributed by atoms with van der Waals surface area (Å²) in [5.41, 5.74) is 2.14. The van der Waals surface area contributed by atoms with Crippen molar-refractivity contribution in [1.82, 2.24) is 19.3 Å². The Hall–Kier alpha value is -2.44. The van der Waals surface area contributed by atoms with Crippen molar-refractivity contribution < 1.29 is 0 Å². The van der Waals surface area contributed by atoms with Gasteiger partial charge in [0.15, 0.2) is 5.82 Å². The Morgan fingerprint density at radius 1 is 1.16 bits per heavy atom. The number of aromatic nitrogens is 4. The zero-order valence-electron chi connectivity index (χ0n) is 14.4. The topological polar surface area (TPSA) is 81.8 Å². The minimum absolute atomic E-state index is 0.0238. The lowest BCUT2D eigenvalue weighted by molar-refractivity contribution is 0.301. The summed E-state index contributed by atoms with van der Waals surface area (Å²) in [4.78, 5) is 28.6. The molecule has 25 heavy (non-hydrogen) atoms. The first-order chi connectivity index (χ1) is 12.1. The molecular weight excluding hydrogens is 318 g/mol. The SMILES string of the molecule is Cn1ccnc(NC2CCC(n3nc4c(cc3=O)CCC4)CC2)c1=O. The third kappa shape index (κ3) is 3.10. The largest absolute Gasteiger partial charge is 0.363 e. The molecule has 2 heterocycles. The first-order valence-corrected chi connectivity index (χ1v) is 9.01. The van der Waals surface area contributed by atoms with E-state index in [2.05, 4.69) is 15.4 Å². The molecule has 0 bridgehead atoms. The molecule has 0 aromatic carbocycles. The second kappa shape index (κ2) is 6.46. The highest BCUT2D eigenvalue weighted by Gasteiger charge is 2.26. The Labute approximate surface area is 145 Å². The van der Waals surface area contributed by atoms with Gasteiger partial charge >= 0.3 is 0 Å². The van der Waals surface area contributed by atoms with Gasteiger partial charge in [0.1, 0.15) is 0 Å². The van der Waals surface area contributed by atoms with E-state index in [0.29, 0.717) is 5.82 Å². The van der Waals surface area contributed by atoms with Gasteiger partial charge in [0.2, 0.25) is 0 Å². The van der Waals surface area contributed by atoms with Gasteiger partial charge in [-0.2, -0.15) is 5.10 Å². The third-order valence-electron chi connectivity index (χ3n) is 5.38. The van der Waals surface area contributed by atoms with Crippen molar-refractivity contribution in [3.05, 3.63) is 50.4 Å². The number of hydrogen-bond acceptors (Lipinski definition) is 5. The van der Waals surface area contributed by atoms with Crippen LogP contribution in [0.15, 0.2) is 28.0 Å². The van der Waals surface area contributed by atoms with Gasteiger partial charge in [-0.3, -0.25) is 9.59 Å². The molecular formula is C18H23N5O2. The zero-order valence-corrected chi connectivity index (χ0v) is 14.4. The number of aryl methyl sites for hydroxylation is 3. The first-order valence-electron chi connectivity index (χ1n) is 9.01. The van der Waals surface area contributed by atoms with Crippen molar-refractivity contribution in [3.63, 3.8) is 0 Å². The molecule has 1 saturated carbocycles. The average molecular weight is 341 g/mol. The second-order valence-electron chi connectivity index (χ2n) is 7.09. The molecule has 4 rings (SSSR count). The fourth-order valence-corrected chi connectivity index (χ4v) is 3.93. The van der Waals surface area contributed by atoms with Gasteiger partial charge in [-0.1, -0.05) is 0 Å². The number of fused-ring (bicyclic) bond motifs is 1. The van der Waals surface area contributed by atoms with Gasteiger partial charge in [0, 0.05) is 31.5 Å². The van der Waals surface area contributed by atoms with Gasteiger partial charge in [0.25, 0.3) is 11.1 Å². The van der Waals surface area contributed by atoms with Crippen LogP contribution in [0.3, 0.4) is 0 Å². The van der Waals surface area contributed by atoms with Crippen LogP contribution in [0.1, 0.15) is 49.4 Å². The predicted molar refractivity (Wildman–Crippen MR) is 94.9 cm³/mol. The minimum Gasteiger partial charge on any atom is -0.363 e. The van der Waals surface area contributed by atoms with Gasteiger partial charge in [0.05, 0.1) is 11.7 Å². The molecule has 7 nitrogen and oxygen atoms in total. The van der Waals surface area contributed by atoms with E-state index < -0.39 is 0 Å². The highest BCUT2D eigenvalue weighted by Crippen LogP contribution is 2.29. The number of anilines is 1. The normalized spacial score (nSPS) is 22.6. The predicted octanol–water partition coefficient (Wildman–Crippen LogP) is 1.42. The molecule has 1 fully saturated rings. The molecule has 0 spiro atoms. The van der Waals surface area contributed by atoms with E-state index in [4.69, 9.17) is 0 Å². The van der Waals surface area contributed by atoms with Crippen LogP contribution in [0.25, 0.3) is 0 Å². The number of nitrogens with one attached hydrogen (secondary N) is 1. The number of hydrogen-bond donors (Lipinski definition) is 1. The summed E-state index contributed by atoms with van der Waals surface area (Å²) >= 11 is 0. The molecule has 1 N–H and O–H groups in total. The molecule has 7 heteroatoms. The lowest BCUT2D eigenvalue weighted by Gasteiger charge is -2.29. The van der Waals surface area contributed by atoms with Crippen LogP contribution in [-0.2, 0) is 19.9 Å². The molecule has 2 aliphatic carbocycles. The Balaban J connectivity index is 1.44. The third-order valence-corrected chi connectivity index (χ3v) is 5.38. The maximum absolute atomic E-state index is 12.4. The highest BCUT2D eigenvalue weighted by molar-refractivity contribution is 5.32. The lowest BCUT2D eigenvalue weighted by Crippen LogP contribution is -2.35. The fraction of sp³-hybridized carbons (Fsp3) is 0.556. The molecule has 0 unspecified atom stereocenters. The Kier molecular flexibility index (Phi) is 4.15. The number of rotatable bonds is 3. The van der Waals surface area contributed by atoms with Gasteiger partial charge in [-0.15, -0.1) is 0 Å². The van der Waals surface area contributed by atoms with Crippen LogP contribution in [0, 0.1) is 0 Å². The molecule has 2 aliphatic rings. The molecule has 0 amide bonds. The van der Waals surface area contributed by atoms with Crippen LogP contribution in [0.5, 0.6) is 0 Å². The summed E-state index contributed by atoms with van der Waals surface area (Å²) in [5, 5.41) is 7.90. The van der Waals surface area contributed by atoms with E-state index in [1.807, 2.05) is 0 Å². The van der Waals surface area contributed by atoms with Crippen molar-refractivity contribution in [3.8, 4) is 0 Å². The van der Waals surface area contributed by atoms with E-state index in [9.17, 15) is 9.59 Å². The van der Waals surface area contributed by atoms with Gasteiger partial charge < -0.3 is 9.88 Å². The maximum atomic E-state index is 12.4. The van der Waals surface area contributed by atoms with Crippen LogP contribution < -0.4 is 16.4 Å². The summed E-state index contributed by atoms with van der Waals surface area (Å²) in [6, 6.07) is 2.14. The Morgan fingerprint density at radius 2 is 1.96 bits per heavy atom. The molecule has 0 aliphatic heterocycles. The zero-order chi connectivity index (χ0) is 17.4. The molecule has 132 valence electrons. The van der Waals surface area contributed by atoms with Gasteiger partial charge in [-0.05, 0) is 50.5 Å². The van der Waals surface area contributed by atoms with E-state index >= 15 is 0 Å². The molecule has 0 saturated heterocycles. The van der Waals surface area contributed by atoms with E-state index in [-0.39, 0.29) is 23.2 Å². The van der Waals surface area contributed by atoms with Crippen molar-refractivity contribution >= 4 is 5.82 Å². The van der Waals surface area contributed by atoms with Crippen molar-refractivity contribution in [1.29, 1.82) is 0 Å². The quantitative estimate of drug-likeness (QED) is 0.913. The van der Waals surface area contributed by atoms with Crippen molar-refractivity contribution in [2.45, 2.75) is 57.0 Å². The highest BCUT2D eigenvalue weighted by atomic mass is 16.1. The number of nitrogens with zero attached hydrogens (tertiary/aromatic N) is 4. The maximum Gasteiger partial charge on any atom is 0.293 e. The summed E-state index contributed by atoms with van der Waals surface area (Å²) < 4.78 is 3.22. The monoisotopic (exact) mass is 341 g/mol. The van der Waals surface area contributed by atoms with E-state index in [0.717, 1.165) is 56.2 Å².